The van der Waals surface area contributed by atoms with Gasteiger partial charge < -0.3 is 14.3 Å². The van der Waals surface area contributed by atoms with Gasteiger partial charge in [0.05, 0.1) is 16.7 Å². The molecule has 196 valence electrons. The fourth-order valence-corrected chi connectivity index (χ4v) is 5.89. The molecule has 3 aromatic heterocycles. The Hall–Kier alpha value is -4.77. The summed E-state index contributed by atoms with van der Waals surface area (Å²) in [6.45, 7) is 1.84. The zero-order valence-electron chi connectivity index (χ0n) is 20.6. The Morgan fingerprint density at radius 1 is 0.974 bits per heavy atom. The lowest BCUT2D eigenvalue weighted by Gasteiger charge is -2.14. The van der Waals surface area contributed by atoms with E-state index in [1.807, 2.05) is 6.92 Å². The summed E-state index contributed by atoms with van der Waals surface area (Å²) in [6.07, 6.45) is 4.32. The number of aromatic nitrogens is 4. The molecule has 0 atom stereocenters. The molecule has 0 aliphatic rings. The molecule has 0 fully saturated rings. The van der Waals surface area contributed by atoms with Gasteiger partial charge in [-0.1, -0.05) is 17.7 Å². The molecule has 0 unspecified atom stereocenters. The SMILES string of the molecule is Cc1ccc(S(=O)(=O)n2ccc3c(-c4ccc5c(ncn5C)c4Oc4ccc(F)cc4F)c[nH]c(=O)c32)cc1. The number of pyridine rings is 1. The lowest BCUT2D eigenvalue weighted by Crippen LogP contribution is -2.17. The average molecular weight is 547 g/mol. The second-order valence-corrected chi connectivity index (χ2v) is 10.9. The smallest absolute Gasteiger partial charge is 0.273 e. The molecular formula is C28H20F2N4O4S. The molecule has 11 heteroatoms. The zero-order valence-corrected chi connectivity index (χ0v) is 21.5. The summed E-state index contributed by atoms with van der Waals surface area (Å²) < 4.78 is 63.7. The predicted molar refractivity (Wildman–Crippen MR) is 142 cm³/mol. The van der Waals surface area contributed by atoms with Crippen molar-refractivity contribution in [2.45, 2.75) is 11.8 Å². The van der Waals surface area contributed by atoms with Crippen molar-refractivity contribution in [3.8, 4) is 22.6 Å². The summed E-state index contributed by atoms with van der Waals surface area (Å²) in [6, 6.07) is 14.3. The number of fused-ring (bicyclic) bond motifs is 2. The average Bonchev–Trinajstić information content (AvgIpc) is 3.52. The monoisotopic (exact) mass is 546 g/mol. The first-order chi connectivity index (χ1) is 18.6. The van der Waals surface area contributed by atoms with E-state index in [2.05, 4.69) is 9.97 Å². The molecule has 3 aromatic carbocycles. The minimum atomic E-state index is -4.10. The quantitative estimate of drug-likeness (QED) is 0.308. The van der Waals surface area contributed by atoms with Crippen molar-refractivity contribution in [1.82, 2.24) is 18.5 Å². The van der Waals surface area contributed by atoms with E-state index in [0.717, 1.165) is 15.6 Å². The van der Waals surface area contributed by atoms with Crippen molar-refractivity contribution < 1.29 is 21.9 Å². The van der Waals surface area contributed by atoms with Crippen LogP contribution < -0.4 is 10.3 Å². The first-order valence-electron chi connectivity index (χ1n) is 11.8. The Labute approximate surface area is 220 Å². The summed E-state index contributed by atoms with van der Waals surface area (Å²) in [4.78, 5) is 20.0. The van der Waals surface area contributed by atoms with Gasteiger partial charge in [0.15, 0.2) is 17.3 Å². The molecule has 6 aromatic rings. The van der Waals surface area contributed by atoms with Gasteiger partial charge in [-0.05, 0) is 49.4 Å². The van der Waals surface area contributed by atoms with Gasteiger partial charge in [-0.15, -0.1) is 0 Å². The molecule has 0 saturated heterocycles. The highest BCUT2D eigenvalue weighted by Gasteiger charge is 2.24. The zero-order chi connectivity index (χ0) is 27.5. The van der Waals surface area contributed by atoms with Crippen LogP contribution in [0.3, 0.4) is 0 Å². The number of hydrogen-bond acceptors (Lipinski definition) is 5. The third kappa shape index (κ3) is 3.98. The highest BCUT2D eigenvalue weighted by molar-refractivity contribution is 7.90. The van der Waals surface area contributed by atoms with Crippen LogP contribution in [-0.4, -0.2) is 26.9 Å². The lowest BCUT2D eigenvalue weighted by atomic mass is 10.0. The fraction of sp³-hybridized carbons (Fsp3) is 0.0714. The van der Waals surface area contributed by atoms with Crippen molar-refractivity contribution in [2.24, 2.45) is 7.05 Å². The van der Waals surface area contributed by atoms with E-state index < -0.39 is 27.2 Å². The Morgan fingerprint density at radius 3 is 2.49 bits per heavy atom. The number of imidazole rings is 1. The third-order valence-electron chi connectivity index (χ3n) is 6.53. The molecular weight excluding hydrogens is 526 g/mol. The molecule has 6 rings (SSSR count). The Bertz CT molecular complexity index is 2080. The second kappa shape index (κ2) is 8.91. The first kappa shape index (κ1) is 24.6. The van der Waals surface area contributed by atoms with E-state index >= 15 is 0 Å². The van der Waals surface area contributed by atoms with Gasteiger partial charge in [-0.3, -0.25) is 4.79 Å². The molecule has 3 heterocycles. The molecule has 8 nitrogen and oxygen atoms in total. The third-order valence-corrected chi connectivity index (χ3v) is 8.22. The molecule has 0 bridgehead atoms. The topological polar surface area (TPSA) is 99.0 Å². The number of halogens is 2. The minimum absolute atomic E-state index is 0.0288. The van der Waals surface area contributed by atoms with Crippen molar-refractivity contribution in [2.75, 3.05) is 0 Å². The van der Waals surface area contributed by atoms with Crippen LogP contribution >= 0.6 is 0 Å². The molecule has 1 N–H and O–H groups in total. The maximum absolute atomic E-state index is 14.6. The number of aromatic amines is 1. The summed E-state index contributed by atoms with van der Waals surface area (Å²) in [7, 11) is -2.31. The number of nitrogens with zero attached hydrogens (tertiary/aromatic N) is 3. The summed E-state index contributed by atoms with van der Waals surface area (Å²) in [5.41, 5.74) is 2.10. The second-order valence-electron chi connectivity index (χ2n) is 9.07. The van der Waals surface area contributed by atoms with Crippen LogP contribution in [0.5, 0.6) is 11.5 Å². The highest BCUT2D eigenvalue weighted by Crippen LogP contribution is 2.41. The summed E-state index contributed by atoms with van der Waals surface area (Å²) in [5, 5.41) is 0.328. The molecule has 0 amide bonds. The molecule has 0 saturated carbocycles. The molecule has 39 heavy (non-hydrogen) atoms. The normalized spacial score (nSPS) is 11.9. The number of hydrogen-bond donors (Lipinski definition) is 1. The van der Waals surface area contributed by atoms with Gasteiger partial charge in [-0.2, -0.15) is 0 Å². The van der Waals surface area contributed by atoms with Crippen molar-refractivity contribution in [1.29, 1.82) is 0 Å². The molecule has 0 aliphatic carbocycles. The number of ether oxygens (including phenoxy) is 1. The van der Waals surface area contributed by atoms with Gasteiger partial charge in [0.2, 0.25) is 0 Å². The van der Waals surface area contributed by atoms with Crippen LogP contribution in [0.1, 0.15) is 5.56 Å². The van der Waals surface area contributed by atoms with Crippen LogP contribution in [0.25, 0.3) is 33.1 Å². The lowest BCUT2D eigenvalue weighted by molar-refractivity contribution is 0.442. The maximum atomic E-state index is 14.6. The number of H-pyrrole nitrogens is 1. The van der Waals surface area contributed by atoms with Crippen molar-refractivity contribution >= 4 is 32.0 Å². The minimum Gasteiger partial charge on any atom is -0.451 e. The van der Waals surface area contributed by atoms with Crippen LogP contribution in [0.15, 0.2) is 89.1 Å². The van der Waals surface area contributed by atoms with E-state index in [-0.39, 0.29) is 21.9 Å². The van der Waals surface area contributed by atoms with Crippen LogP contribution in [0.4, 0.5) is 8.78 Å². The highest BCUT2D eigenvalue weighted by atomic mass is 32.2. The van der Waals surface area contributed by atoms with Gasteiger partial charge in [0.1, 0.15) is 16.9 Å². The maximum Gasteiger partial charge on any atom is 0.273 e. The van der Waals surface area contributed by atoms with E-state index in [1.54, 1.807) is 42.2 Å². The molecule has 0 aliphatic heterocycles. The summed E-state index contributed by atoms with van der Waals surface area (Å²) >= 11 is 0. The summed E-state index contributed by atoms with van der Waals surface area (Å²) in [5.74, 6) is -1.73. The molecule has 0 radical (unpaired) electrons. The predicted octanol–water partition coefficient (Wildman–Crippen LogP) is 5.50. The number of rotatable bonds is 5. The number of aryl methyl sites for hydroxylation is 2. The van der Waals surface area contributed by atoms with Gasteiger partial charge in [-0.25, -0.2) is 26.2 Å². The van der Waals surface area contributed by atoms with Crippen molar-refractivity contribution in [3.05, 3.63) is 107 Å². The Kier molecular flexibility index (Phi) is 5.61. The van der Waals surface area contributed by atoms with E-state index in [4.69, 9.17) is 4.74 Å². The van der Waals surface area contributed by atoms with Crippen LogP contribution in [0, 0.1) is 18.6 Å². The fourth-order valence-electron chi connectivity index (χ4n) is 4.54. The largest absolute Gasteiger partial charge is 0.451 e. The van der Waals surface area contributed by atoms with Gasteiger partial charge >= 0.3 is 0 Å². The van der Waals surface area contributed by atoms with Crippen LogP contribution in [0.2, 0.25) is 0 Å². The van der Waals surface area contributed by atoms with E-state index in [9.17, 15) is 22.0 Å². The Morgan fingerprint density at radius 2 is 1.74 bits per heavy atom. The molecule has 0 spiro atoms. The van der Waals surface area contributed by atoms with Crippen LogP contribution in [-0.2, 0) is 17.1 Å². The van der Waals surface area contributed by atoms with Crippen molar-refractivity contribution in [3.63, 3.8) is 0 Å². The number of nitrogens with one attached hydrogen (secondary N) is 1. The van der Waals surface area contributed by atoms with E-state index in [0.29, 0.717) is 33.6 Å². The number of benzene rings is 3. The van der Waals surface area contributed by atoms with Gasteiger partial charge in [0.25, 0.3) is 15.6 Å². The Balaban J connectivity index is 1.59. The first-order valence-corrected chi connectivity index (χ1v) is 13.2. The van der Waals surface area contributed by atoms with Gasteiger partial charge in [0, 0.05) is 42.0 Å². The van der Waals surface area contributed by atoms with E-state index in [1.165, 1.54) is 36.7 Å². The standard InChI is InChI=1S/C28H20F2N4O4S/c1-16-3-6-18(7-4-16)39(36,37)34-12-11-19-21(14-31-28(35)26(19)34)20-8-9-23-25(32-15-33(23)2)27(20)38-24-10-5-17(29)13-22(24)30/h3-15H,1-2H3,(H,31,35).